The van der Waals surface area contributed by atoms with Crippen molar-refractivity contribution in [1.82, 2.24) is 5.32 Å². The first-order valence-corrected chi connectivity index (χ1v) is 6.63. The minimum absolute atomic E-state index is 0.822. The lowest BCUT2D eigenvalue weighted by Crippen LogP contribution is -2.20. The first-order valence-electron chi connectivity index (χ1n) is 6.26. The summed E-state index contributed by atoms with van der Waals surface area (Å²) >= 11 is 6.27. The summed E-state index contributed by atoms with van der Waals surface area (Å²) in [7, 11) is 4.08. The van der Waals surface area contributed by atoms with Crippen LogP contribution in [0.5, 0.6) is 0 Å². The Balaban J connectivity index is 2.02. The maximum atomic E-state index is 6.27. The van der Waals surface area contributed by atoms with Crippen molar-refractivity contribution in [3.05, 3.63) is 28.8 Å². The zero-order valence-electron chi connectivity index (χ0n) is 10.8. The van der Waals surface area contributed by atoms with Gasteiger partial charge in [0.25, 0.3) is 0 Å². The first kappa shape index (κ1) is 12.7. The fourth-order valence-electron chi connectivity index (χ4n) is 2.22. The third kappa shape index (κ3) is 3.14. The molecule has 0 amide bonds. The molecule has 1 aliphatic carbocycles. The van der Waals surface area contributed by atoms with E-state index in [4.69, 9.17) is 11.6 Å². The Kier molecular flexibility index (Phi) is 3.95. The van der Waals surface area contributed by atoms with E-state index in [0.717, 1.165) is 35.5 Å². The minimum atomic E-state index is 0.822. The highest BCUT2D eigenvalue weighted by Gasteiger charge is 2.33. The Labute approximate surface area is 109 Å². The van der Waals surface area contributed by atoms with Gasteiger partial charge < -0.3 is 10.2 Å². The molecule has 1 aromatic carbocycles. The van der Waals surface area contributed by atoms with Gasteiger partial charge in [0.05, 0.1) is 0 Å². The maximum Gasteiger partial charge on any atom is 0.0471 e. The van der Waals surface area contributed by atoms with Crippen LogP contribution in [-0.2, 0) is 6.54 Å². The highest BCUT2D eigenvalue weighted by Crippen LogP contribution is 2.38. The van der Waals surface area contributed by atoms with Gasteiger partial charge in [-0.1, -0.05) is 24.6 Å². The van der Waals surface area contributed by atoms with Crippen molar-refractivity contribution in [2.45, 2.75) is 19.9 Å². The smallest absolute Gasteiger partial charge is 0.0471 e. The van der Waals surface area contributed by atoms with Gasteiger partial charge in [0.2, 0.25) is 0 Å². The molecular weight excluding hydrogens is 232 g/mol. The molecule has 2 rings (SSSR count). The Morgan fingerprint density at radius 1 is 1.47 bits per heavy atom. The number of rotatable bonds is 5. The molecule has 2 atom stereocenters. The van der Waals surface area contributed by atoms with Gasteiger partial charge in [-0.2, -0.15) is 0 Å². The lowest BCUT2D eigenvalue weighted by Gasteiger charge is -2.20. The van der Waals surface area contributed by atoms with Gasteiger partial charge in [0, 0.05) is 30.8 Å². The molecule has 3 heteroatoms. The minimum Gasteiger partial charge on any atom is -0.374 e. The molecule has 1 saturated carbocycles. The molecular formula is C14H21ClN2. The van der Waals surface area contributed by atoms with Gasteiger partial charge in [-0.15, -0.1) is 0 Å². The zero-order valence-corrected chi connectivity index (χ0v) is 11.6. The van der Waals surface area contributed by atoms with Gasteiger partial charge in [-0.25, -0.2) is 0 Å². The van der Waals surface area contributed by atoms with E-state index >= 15 is 0 Å². The summed E-state index contributed by atoms with van der Waals surface area (Å²) < 4.78 is 0. The Morgan fingerprint density at radius 2 is 2.18 bits per heavy atom. The summed E-state index contributed by atoms with van der Waals surface area (Å²) in [6.45, 7) is 4.28. The van der Waals surface area contributed by atoms with Crippen LogP contribution in [0.4, 0.5) is 5.69 Å². The fraction of sp³-hybridized carbons (Fsp3) is 0.571. The van der Waals surface area contributed by atoms with Crippen molar-refractivity contribution in [3.8, 4) is 0 Å². The van der Waals surface area contributed by atoms with E-state index in [2.05, 4.69) is 42.4 Å². The van der Waals surface area contributed by atoms with Crippen LogP contribution in [0.1, 0.15) is 18.9 Å². The number of halogens is 1. The predicted octanol–water partition coefficient (Wildman–Crippen LogP) is 3.15. The summed E-state index contributed by atoms with van der Waals surface area (Å²) in [6.07, 6.45) is 1.37. The lowest BCUT2D eigenvalue weighted by atomic mass is 10.2. The summed E-state index contributed by atoms with van der Waals surface area (Å²) in [6, 6.07) is 6.34. The highest BCUT2D eigenvalue weighted by atomic mass is 35.5. The molecule has 0 aliphatic heterocycles. The van der Waals surface area contributed by atoms with E-state index in [9.17, 15) is 0 Å². The predicted molar refractivity (Wildman–Crippen MR) is 74.8 cm³/mol. The summed E-state index contributed by atoms with van der Waals surface area (Å²) in [5, 5.41) is 3.98. The number of nitrogens with zero attached hydrogens (tertiary/aromatic N) is 1. The van der Waals surface area contributed by atoms with E-state index in [1.807, 2.05) is 7.05 Å². The molecule has 2 unspecified atom stereocenters. The molecule has 0 saturated heterocycles. The molecule has 0 heterocycles. The van der Waals surface area contributed by atoms with Crippen molar-refractivity contribution in [1.29, 1.82) is 0 Å². The van der Waals surface area contributed by atoms with Crippen LogP contribution >= 0.6 is 11.6 Å². The molecule has 1 fully saturated rings. The highest BCUT2D eigenvalue weighted by molar-refractivity contribution is 6.31. The SMILES string of the molecule is CNCc1ccc(N(C)CC2CC2C)cc1Cl. The van der Waals surface area contributed by atoms with Crippen molar-refractivity contribution < 1.29 is 0 Å². The number of hydrogen-bond donors (Lipinski definition) is 1. The second-order valence-corrected chi connectivity index (χ2v) is 5.57. The third-order valence-corrected chi connectivity index (χ3v) is 3.98. The van der Waals surface area contributed by atoms with E-state index in [1.54, 1.807) is 0 Å². The van der Waals surface area contributed by atoms with Crippen LogP contribution in [0.15, 0.2) is 18.2 Å². The second-order valence-electron chi connectivity index (χ2n) is 5.16. The third-order valence-electron chi connectivity index (χ3n) is 3.63. The lowest BCUT2D eigenvalue weighted by molar-refractivity contribution is 0.725. The topological polar surface area (TPSA) is 15.3 Å². The quantitative estimate of drug-likeness (QED) is 0.866. The molecule has 0 spiro atoms. The Bertz CT molecular complexity index is 392. The summed E-state index contributed by atoms with van der Waals surface area (Å²) in [5.74, 6) is 1.77. The number of hydrogen-bond acceptors (Lipinski definition) is 2. The van der Waals surface area contributed by atoms with E-state index < -0.39 is 0 Å². The number of benzene rings is 1. The molecule has 17 heavy (non-hydrogen) atoms. The van der Waals surface area contributed by atoms with Gasteiger partial charge in [0.1, 0.15) is 0 Å². The Hall–Kier alpha value is -0.730. The largest absolute Gasteiger partial charge is 0.374 e. The number of nitrogens with one attached hydrogen (secondary N) is 1. The molecule has 1 N–H and O–H groups in total. The maximum absolute atomic E-state index is 6.27. The standard InChI is InChI=1S/C14H21ClN2/c1-10-6-12(10)9-17(3)13-5-4-11(8-16-2)14(15)7-13/h4-5,7,10,12,16H,6,8-9H2,1-3H3. The first-order chi connectivity index (χ1) is 8.11. The van der Waals surface area contributed by atoms with Gasteiger partial charge in [0.15, 0.2) is 0 Å². The van der Waals surface area contributed by atoms with E-state index in [0.29, 0.717) is 0 Å². The molecule has 0 aromatic heterocycles. The van der Waals surface area contributed by atoms with Crippen molar-refractivity contribution in [2.75, 3.05) is 25.5 Å². The molecule has 0 bridgehead atoms. The molecule has 2 nitrogen and oxygen atoms in total. The van der Waals surface area contributed by atoms with Crippen LogP contribution < -0.4 is 10.2 Å². The van der Waals surface area contributed by atoms with Gasteiger partial charge in [-0.3, -0.25) is 0 Å². The summed E-state index contributed by atoms with van der Waals surface area (Å²) in [4.78, 5) is 2.31. The molecule has 1 aromatic rings. The van der Waals surface area contributed by atoms with Crippen LogP contribution in [0.25, 0.3) is 0 Å². The average Bonchev–Trinajstić information content (AvgIpc) is 2.97. The van der Waals surface area contributed by atoms with Crippen molar-refractivity contribution >= 4 is 17.3 Å². The molecule has 1 aliphatic rings. The monoisotopic (exact) mass is 252 g/mol. The second kappa shape index (κ2) is 5.28. The van der Waals surface area contributed by atoms with E-state index in [1.165, 1.54) is 12.1 Å². The molecule has 0 radical (unpaired) electrons. The van der Waals surface area contributed by atoms with Gasteiger partial charge >= 0.3 is 0 Å². The fourth-order valence-corrected chi connectivity index (χ4v) is 2.46. The van der Waals surface area contributed by atoms with Crippen LogP contribution in [0.3, 0.4) is 0 Å². The zero-order chi connectivity index (χ0) is 12.4. The normalized spacial score (nSPS) is 22.6. The average molecular weight is 253 g/mol. The summed E-state index contributed by atoms with van der Waals surface area (Å²) in [5.41, 5.74) is 2.38. The van der Waals surface area contributed by atoms with Gasteiger partial charge in [-0.05, 0) is 43.0 Å². The Morgan fingerprint density at radius 3 is 2.71 bits per heavy atom. The van der Waals surface area contributed by atoms with E-state index in [-0.39, 0.29) is 0 Å². The number of anilines is 1. The van der Waals surface area contributed by atoms with Crippen LogP contribution in [0.2, 0.25) is 5.02 Å². The molecule has 94 valence electrons. The van der Waals surface area contributed by atoms with Crippen LogP contribution in [-0.4, -0.2) is 20.6 Å². The van der Waals surface area contributed by atoms with Crippen molar-refractivity contribution in [2.24, 2.45) is 11.8 Å². The van der Waals surface area contributed by atoms with Crippen molar-refractivity contribution in [3.63, 3.8) is 0 Å². The van der Waals surface area contributed by atoms with Crippen LogP contribution in [0, 0.1) is 11.8 Å².